The Balaban J connectivity index is 2.18. The van der Waals surface area contributed by atoms with Crippen LogP contribution in [0.2, 0.25) is 0 Å². The molecular weight excluding hydrogens is 376 g/mol. The second kappa shape index (κ2) is 11.4. The second-order valence-electron chi connectivity index (χ2n) is 7.78. The first-order chi connectivity index (χ1) is 14.3. The zero-order valence-electron chi connectivity index (χ0n) is 18.8. The summed E-state index contributed by atoms with van der Waals surface area (Å²) in [6.45, 7) is 10.2. The highest BCUT2D eigenvalue weighted by Gasteiger charge is 2.29. The van der Waals surface area contributed by atoms with E-state index in [1.165, 1.54) is 5.56 Å². The van der Waals surface area contributed by atoms with Crippen LogP contribution in [-0.4, -0.2) is 35.4 Å². The number of benzene rings is 2. The number of carbonyl (C=O) groups excluding carboxylic acids is 2. The Hall–Kier alpha value is -2.82. The Bertz CT molecular complexity index is 836. The van der Waals surface area contributed by atoms with Gasteiger partial charge in [0.05, 0.1) is 0 Å². The highest BCUT2D eigenvalue weighted by Crippen LogP contribution is 2.18. The molecule has 2 atom stereocenters. The van der Waals surface area contributed by atoms with Crippen molar-refractivity contribution < 1.29 is 14.3 Å². The van der Waals surface area contributed by atoms with Gasteiger partial charge in [-0.05, 0) is 62.4 Å². The quantitative estimate of drug-likeness (QED) is 0.631. The van der Waals surface area contributed by atoms with Gasteiger partial charge in [0.15, 0.2) is 6.61 Å². The molecule has 162 valence electrons. The fourth-order valence-corrected chi connectivity index (χ4v) is 3.17. The van der Waals surface area contributed by atoms with Crippen LogP contribution in [0.25, 0.3) is 0 Å². The maximum absolute atomic E-state index is 13.2. The van der Waals surface area contributed by atoms with Crippen LogP contribution >= 0.6 is 0 Å². The number of hydrogen-bond donors (Lipinski definition) is 1. The van der Waals surface area contributed by atoms with Crippen molar-refractivity contribution in [2.24, 2.45) is 0 Å². The lowest BCUT2D eigenvalue weighted by atomic mass is 10.1. The summed E-state index contributed by atoms with van der Waals surface area (Å²) in [5.74, 6) is 0.328. The number of amides is 2. The van der Waals surface area contributed by atoms with Crippen molar-refractivity contribution in [1.29, 1.82) is 0 Å². The minimum Gasteiger partial charge on any atom is -0.484 e. The van der Waals surface area contributed by atoms with Crippen molar-refractivity contribution in [3.05, 3.63) is 65.2 Å². The highest BCUT2D eigenvalue weighted by molar-refractivity contribution is 5.88. The summed E-state index contributed by atoms with van der Waals surface area (Å²) in [6.07, 6.45) is 1.37. The third kappa shape index (κ3) is 6.61. The van der Waals surface area contributed by atoms with Gasteiger partial charge < -0.3 is 15.0 Å². The van der Waals surface area contributed by atoms with Crippen molar-refractivity contribution in [3.8, 4) is 5.75 Å². The fourth-order valence-electron chi connectivity index (χ4n) is 3.17. The van der Waals surface area contributed by atoms with Gasteiger partial charge >= 0.3 is 0 Å². The van der Waals surface area contributed by atoms with Crippen molar-refractivity contribution in [3.63, 3.8) is 0 Å². The van der Waals surface area contributed by atoms with Gasteiger partial charge in [0.2, 0.25) is 5.91 Å². The van der Waals surface area contributed by atoms with Crippen LogP contribution in [0.15, 0.2) is 48.5 Å². The molecular formula is C25H34N2O3. The average Bonchev–Trinajstić information content (AvgIpc) is 2.74. The van der Waals surface area contributed by atoms with Gasteiger partial charge in [-0.3, -0.25) is 9.59 Å². The van der Waals surface area contributed by atoms with Crippen LogP contribution < -0.4 is 10.1 Å². The molecule has 0 aliphatic rings. The molecule has 2 aromatic rings. The van der Waals surface area contributed by atoms with Crippen LogP contribution in [-0.2, 0) is 16.1 Å². The fraction of sp³-hybridized carbons (Fsp3) is 0.440. The van der Waals surface area contributed by atoms with Crippen LogP contribution in [0, 0.1) is 13.8 Å². The van der Waals surface area contributed by atoms with E-state index in [0.717, 1.165) is 17.5 Å². The first-order valence-electron chi connectivity index (χ1n) is 10.7. The minimum absolute atomic E-state index is 0.0620. The van der Waals surface area contributed by atoms with E-state index in [1.807, 2.05) is 83.1 Å². The number of rotatable bonds is 10. The van der Waals surface area contributed by atoms with Crippen LogP contribution in [0.1, 0.15) is 50.3 Å². The van der Waals surface area contributed by atoms with E-state index >= 15 is 0 Å². The lowest BCUT2D eigenvalue weighted by Crippen LogP contribution is -2.51. The summed E-state index contributed by atoms with van der Waals surface area (Å²) >= 11 is 0. The van der Waals surface area contributed by atoms with E-state index in [1.54, 1.807) is 4.90 Å². The van der Waals surface area contributed by atoms with Crippen molar-refractivity contribution >= 4 is 11.8 Å². The van der Waals surface area contributed by atoms with Gasteiger partial charge in [-0.15, -0.1) is 0 Å². The largest absolute Gasteiger partial charge is 0.484 e. The molecule has 0 aliphatic carbocycles. The summed E-state index contributed by atoms with van der Waals surface area (Å²) in [5, 5.41) is 3.02. The number of nitrogens with one attached hydrogen (secondary N) is 1. The average molecular weight is 411 g/mol. The number of aryl methyl sites for hydroxylation is 2. The van der Waals surface area contributed by atoms with Gasteiger partial charge in [-0.1, -0.05) is 50.2 Å². The molecule has 0 spiro atoms. The molecule has 0 saturated heterocycles. The molecule has 2 amide bonds. The zero-order valence-corrected chi connectivity index (χ0v) is 18.8. The number of hydrogen-bond acceptors (Lipinski definition) is 3. The molecule has 2 rings (SSSR count). The van der Waals surface area contributed by atoms with Crippen LogP contribution in [0.3, 0.4) is 0 Å². The molecule has 0 aromatic heterocycles. The molecule has 0 fully saturated rings. The van der Waals surface area contributed by atoms with Crippen LogP contribution in [0.5, 0.6) is 5.75 Å². The molecule has 5 heteroatoms. The predicted octanol–water partition coefficient (Wildman–Crippen LogP) is 4.40. The van der Waals surface area contributed by atoms with Crippen molar-refractivity contribution in [2.75, 3.05) is 6.61 Å². The molecule has 30 heavy (non-hydrogen) atoms. The Labute approximate surface area is 180 Å². The molecule has 2 aromatic carbocycles. The van der Waals surface area contributed by atoms with Gasteiger partial charge in [0, 0.05) is 12.6 Å². The third-order valence-corrected chi connectivity index (χ3v) is 5.42. The predicted molar refractivity (Wildman–Crippen MR) is 120 cm³/mol. The third-order valence-electron chi connectivity index (χ3n) is 5.42. The van der Waals surface area contributed by atoms with E-state index in [9.17, 15) is 9.59 Å². The maximum atomic E-state index is 13.2. The molecule has 0 heterocycles. The van der Waals surface area contributed by atoms with E-state index in [2.05, 4.69) is 5.32 Å². The molecule has 0 bridgehead atoms. The summed E-state index contributed by atoms with van der Waals surface area (Å²) in [7, 11) is 0. The van der Waals surface area contributed by atoms with E-state index in [4.69, 9.17) is 4.74 Å². The summed E-state index contributed by atoms with van der Waals surface area (Å²) in [5.41, 5.74) is 3.26. The molecule has 0 saturated carbocycles. The van der Waals surface area contributed by atoms with Gasteiger partial charge in [-0.2, -0.15) is 0 Å². The smallest absolute Gasteiger partial charge is 0.261 e. The van der Waals surface area contributed by atoms with E-state index in [0.29, 0.717) is 18.7 Å². The molecule has 0 aliphatic heterocycles. The number of nitrogens with zero attached hydrogens (tertiary/aromatic N) is 1. The minimum atomic E-state index is -0.546. The second-order valence-corrected chi connectivity index (χ2v) is 7.78. The highest BCUT2D eigenvalue weighted by atomic mass is 16.5. The first kappa shape index (κ1) is 23.5. The van der Waals surface area contributed by atoms with E-state index in [-0.39, 0.29) is 24.5 Å². The zero-order chi connectivity index (χ0) is 22.1. The molecule has 0 unspecified atom stereocenters. The van der Waals surface area contributed by atoms with Crippen molar-refractivity contribution in [2.45, 2.75) is 66.1 Å². The molecule has 5 nitrogen and oxygen atoms in total. The van der Waals surface area contributed by atoms with Gasteiger partial charge in [0.1, 0.15) is 11.8 Å². The monoisotopic (exact) mass is 410 g/mol. The lowest BCUT2D eigenvalue weighted by molar-refractivity contribution is -0.143. The Morgan fingerprint density at radius 2 is 1.70 bits per heavy atom. The summed E-state index contributed by atoms with van der Waals surface area (Å²) in [6, 6.07) is 15.0. The Morgan fingerprint density at radius 1 is 1.00 bits per heavy atom. The van der Waals surface area contributed by atoms with Crippen LogP contribution in [0.4, 0.5) is 0 Å². The van der Waals surface area contributed by atoms with Gasteiger partial charge in [0.25, 0.3) is 5.91 Å². The molecule has 1 N–H and O–H groups in total. The SMILES string of the molecule is CC[C@H](C(=O)N[C@@H](C)CC)N(Cc1ccccc1)C(=O)COc1ccc(C)c(C)c1. The van der Waals surface area contributed by atoms with Crippen molar-refractivity contribution in [1.82, 2.24) is 10.2 Å². The number of carbonyl (C=O) groups is 2. The normalized spacial score (nSPS) is 12.7. The first-order valence-corrected chi connectivity index (χ1v) is 10.7. The number of ether oxygens (including phenoxy) is 1. The summed E-state index contributed by atoms with van der Waals surface area (Å²) in [4.78, 5) is 27.7. The topological polar surface area (TPSA) is 58.6 Å². The maximum Gasteiger partial charge on any atom is 0.261 e. The Kier molecular flexibility index (Phi) is 8.90. The Morgan fingerprint density at radius 3 is 2.30 bits per heavy atom. The summed E-state index contributed by atoms with van der Waals surface area (Å²) < 4.78 is 5.78. The lowest BCUT2D eigenvalue weighted by Gasteiger charge is -2.31. The van der Waals surface area contributed by atoms with E-state index < -0.39 is 6.04 Å². The standard InChI is InChI=1S/C25H34N2O3/c1-6-20(5)26-25(29)23(7-2)27(16-21-11-9-8-10-12-21)24(28)17-30-22-14-13-18(3)19(4)15-22/h8-15,20,23H,6-7,16-17H2,1-5H3,(H,26,29)/t20-,23+/m0/s1. The van der Waals surface area contributed by atoms with Gasteiger partial charge in [-0.25, -0.2) is 0 Å². The molecule has 0 radical (unpaired) electrons.